The molecule has 2 atom stereocenters. The molecule has 1 saturated heterocycles. The standard InChI is InChI=1S/C23H26N2O4S/c1-28-17-10-8-16(9-11-17)21-13-23(27)25(19-6-2-3-7-20(19)30-21)15-22(26)24-14-18-5-4-12-29-18/h2-3,6-11,18,21H,4-5,12-15H2,1H3,(H,24,26)/t18-,21-/m1/s1. The van der Waals surface area contributed by atoms with Crippen molar-refractivity contribution in [2.75, 3.05) is 31.7 Å². The van der Waals surface area contributed by atoms with Gasteiger partial charge in [0.1, 0.15) is 12.3 Å². The molecule has 158 valence electrons. The van der Waals surface area contributed by atoms with Gasteiger partial charge in [0.05, 0.1) is 18.9 Å². The minimum absolute atomic E-state index is 0.0124. The van der Waals surface area contributed by atoms with Crippen molar-refractivity contribution in [1.82, 2.24) is 5.32 Å². The number of methoxy groups -OCH3 is 1. The Bertz CT molecular complexity index is 896. The lowest BCUT2D eigenvalue weighted by molar-refractivity contribution is -0.124. The molecule has 30 heavy (non-hydrogen) atoms. The number of rotatable bonds is 6. The summed E-state index contributed by atoms with van der Waals surface area (Å²) >= 11 is 1.66. The number of nitrogens with one attached hydrogen (secondary N) is 1. The number of carbonyl (C=O) groups is 2. The Hall–Kier alpha value is -2.51. The molecule has 0 bridgehead atoms. The quantitative estimate of drug-likeness (QED) is 0.765. The molecule has 2 aliphatic rings. The van der Waals surface area contributed by atoms with E-state index in [1.165, 1.54) is 0 Å². The van der Waals surface area contributed by atoms with Crippen LogP contribution >= 0.6 is 11.8 Å². The van der Waals surface area contributed by atoms with Crippen molar-refractivity contribution in [1.29, 1.82) is 0 Å². The largest absolute Gasteiger partial charge is 0.497 e. The van der Waals surface area contributed by atoms with Crippen molar-refractivity contribution >= 4 is 29.3 Å². The number of hydrogen-bond acceptors (Lipinski definition) is 5. The van der Waals surface area contributed by atoms with E-state index in [4.69, 9.17) is 9.47 Å². The number of fused-ring (bicyclic) bond motifs is 1. The maximum absolute atomic E-state index is 13.2. The van der Waals surface area contributed by atoms with Gasteiger partial charge in [0.15, 0.2) is 0 Å². The van der Waals surface area contributed by atoms with Crippen molar-refractivity contribution in [3.8, 4) is 5.75 Å². The molecule has 1 fully saturated rings. The molecule has 4 rings (SSSR count). The Kier molecular flexibility index (Phi) is 6.59. The van der Waals surface area contributed by atoms with Gasteiger partial charge in [0.2, 0.25) is 11.8 Å². The molecule has 0 aliphatic carbocycles. The summed E-state index contributed by atoms with van der Waals surface area (Å²) in [6, 6.07) is 15.6. The van der Waals surface area contributed by atoms with Gasteiger partial charge in [0, 0.05) is 29.7 Å². The summed E-state index contributed by atoms with van der Waals surface area (Å²) in [5.74, 6) is 0.565. The van der Waals surface area contributed by atoms with Crippen LogP contribution in [0.3, 0.4) is 0 Å². The summed E-state index contributed by atoms with van der Waals surface area (Å²) in [4.78, 5) is 28.3. The zero-order chi connectivity index (χ0) is 20.9. The maximum Gasteiger partial charge on any atom is 0.240 e. The molecule has 2 amide bonds. The van der Waals surface area contributed by atoms with Crippen LogP contribution in [-0.2, 0) is 14.3 Å². The normalized spacial score (nSPS) is 21.1. The van der Waals surface area contributed by atoms with E-state index in [1.54, 1.807) is 23.8 Å². The second-order valence-electron chi connectivity index (χ2n) is 7.47. The van der Waals surface area contributed by atoms with Crippen LogP contribution in [0, 0.1) is 0 Å². The van der Waals surface area contributed by atoms with Gasteiger partial charge < -0.3 is 19.7 Å². The lowest BCUT2D eigenvalue weighted by Gasteiger charge is -2.22. The summed E-state index contributed by atoms with van der Waals surface area (Å²) in [6.07, 6.45) is 2.40. The number of ether oxygens (including phenoxy) is 2. The molecule has 2 aliphatic heterocycles. The maximum atomic E-state index is 13.2. The van der Waals surface area contributed by atoms with Gasteiger partial charge in [-0.3, -0.25) is 9.59 Å². The van der Waals surface area contributed by atoms with Crippen LogP contribution in [-0.4, -0.2) is 44.7 Å². The van der Waals surface area contributed by atoms with E-state index in [2.05, 4.69) is 5.32 Å². The van der Waals surface area contributed by atoms with Crippen LogP contribution < -0.4 is 15.0 Å². The van der Waals surface area contributed by atoms with Crippen LogP contribution in [0.4, 0.5) is 5.69 Å². The number of anilines is 1. The van der Waals surface area contributed by atoms with E-state index >= 15 is 0 Å². The van der Waals surface area contributed by atoms with E-state index in [0.29, 0.717) is 13.0 Å². The average Bonchev–Trinajstić information content (AvgIpc) is 3.25. The first-order chi connectivity index (χ1) is 14.6. The summed E-state index contributed by atoms with van der Waals surface area (Å²) in [5, 5.41) is 2.90. The van der Waals surface area contributed by atoms with E-state index < -0.39 is 0 Å². The highest BCUT2D eigenvalue weighted by atomic mass is 32.2. The van der Waals surface area contributed by atoms with Crippen molar-refractivity contribution in [3.63, 3.8) is 0 Å². The van der Waals surface area contributed by atoms with Gasteiger partial charge in [-0.1, -0.05) is 24.3 Å². The number of nitrogens with zero attached hydrogens (tertiary/aromatic N) is 1. The molecule has 0 spiro atoms. The Balaban J connectivity index is 1.50. The average molecular weight is 427 g/mol. The molecular weight excluding hydrogens is 400 g/mol. The number of hydrogen-bond donors (Lipinski definition) is 1. The predicted molar refractivity (Wildman–Crippen MR) is 117 cm³/mol. The van der Waals surface area contributed by atoms with Gasteiger partial charge in [-0.05, 0) is 42.7 Å². The highest BCUT2D eigenvalue weighted by Crippen LogP contribution is 2.45. The zero-order valence-corrected chi connectivity index (χ0v) is 17.8. The third kappa shape index (κ3) is 4.79. The fraction of sp³-hybridized carbons (Fsp3) is 0.391. The minimum atomic E-state index is -0.165. The molecule has 2 aromatic rings. The SMILES string of the molecule is COc1ccc([C@H]2CC(=O)N(CC(=O)NC[C@H]3CCCO3)c3ccccc3S2)cc1. The topological polar surface area (TPSA) is 67.9 Å². The third-order valence-corrected chi connectivity index (χ3v) is 6.75. The van der Waals surface area contributed by atoms with Crippen LogP contribution in [0.15, 0.2) is 53.4 Å². The van der Waals surface area contributed by atoms with Gasteiger partial charge in [-0.25, -0.2) is 0 Å². The van der Waals surface area contributed by atoms with E-state index in [-0.39, 0.29) is 29.7 Å². The van der Waals surface area contributed by atoms with Crippen molar-refractivity contribution in [2.45, 2.75) is 35.5 Å². The molecule has 0 saturated carbocycles. The minimum Gasteiger partial charge on any atom is -0.497 e. The van der Waals surface area contributed by atoms with Crippen LogP contribution in [0.25, 0.3) is 0 Å². The number of para-hydroxylation sites is 1. The van der Waals surface area contributed by atoms with Crippen molar-refractivity contribution in [2.24, 2.45) is 0 Å². The fourth-order valence-electron chi connectivity index (χ4n) is 3.79. The zero-order valence-electron chi connectivity index (χ0n) is 17.0. The Morgan fingerprint density at radius 3 is 2.77 bits per heavy atom. The highest BCUT2D eigenvalue weighted by molar-refractivity contribution is 7.99. The summed E-state index contributed by atoms with van der Waals surface area (Å²) in [7, 11) is 1.64. The number of benzene rings is 2. The van der Waals surface area contributed by atoms with Gasteiger partial charge in [0.25, 0.3) is 0 Å². The highest BCUT2D eigenvalue weighted by Gasteiger charge is 2.30. The number of amides is 2. The lowest BCUT2D eigenvalue weighted by atomic mass is 10.1. The molecule has 2 heterocycles. The van der Waals surface area contributed by atoms with Crippen LogP contribution in [0.2, 0.25) is 0 Å². The number of carbonyl (C=O) groups excluding carboxylic acids is 2. The third-order valence-electron chi connectivity index (χ3n) is 5.43. The van der Waals surface area contributed by atoms with E-state index in [9.17, 15) is 9.59 Å². The monoisotopic (exact) mass is 426 g/mol. The Labute approximate surface area is 180 Å². The molecule has 0 radical (unpaired) electrons. The Morgan fingerprint density at radius 1 is 1.23 bits per heavy atom. The molecule has 0 aromatic heterocycles. The lowest BCUT2D eigenvalue weighted by Crippen LogP contribution is -2.42. The molecule has 7 heteroatoms. The van der Waals surface area contributed by atoms with E-state index in [1.807, 2.05) is 48.5 Å². The smallest absolute Gasteiger partial charge is 0.240 e. The van der Waals surface area contributed by atoms with Crippen LogP contribution in [0.5, 0.6) is 5.75 Å². The molecule has 1 N–H and O–H groups in total. The van der Waals surface area contributed by atoms with Crippen molar-refractivity contribution in [3.05, 3.63) is 54.1 Å². The predicted octanol–water partition coefficient (Wildman–Crippen LogP) is 3.56. The first kappa shape index (κ1) is 20.8. The second kappa shape index (κ2) is 9.53. The summed E-state index contributed by atoms with van der Waals surface area (Å²) < 4.78 is 10.8. The summed E-state index contributed by atoms with van der Waals surface area (Å²) in [6.45, 7) is 1.26. The summed E-state index contributed by atoms with van der Waals surface area (Å²) in [5.41, 5.74) is 1.85. The van der Waals surface area contributed by atoms with E-state index in [0.717, 1.165) is 41.3 Å². The molecule has 6 nitrogen and oxygen atoms in total. The van der Waals surface area contributed by atoms with Gasteiger partial charge in [-0.15, -0.1) is 11.8 Å². The Morgan fingerprint density at radius 2 is 2.03 bits per heavy atom. The van der Waals surface area contributed by atoms with Gasteiger partial charge >= 0.3 is 0 Å². The molecular formula is C23H26N2O4S. The number of thioether (sulfide) groups is 1. The first-order valence-electron chi connectivity index (χ1n) is 10.2. The van der Waals surface area contributed by atoms with Gasteiger partial charge in [-0.2, -0.15) is 0 Å². The molecule has 2 aromatic carbocycles. The van der Waals surface area contributed by atoms with Crippen LogP contribution in [0.1, 0.15) is 30.1 Å². The second-order valence-corrected chi connectivity index (χ2v) is 8.72. The molecule has 0 unspecified atom stereocenters. The fourth-order valence-corrected chi connectivity index (χ4v) is 5.07. The first-order valence-corrected chi connectivity index (χ1v) is 11.1. The van der Waals surface area contributed by atoms with Crippen molar-refractivity contribution < 1.29 is 19.1 Å².